The van der Waals surface area contributed by atoms with Gasteiger partial charge in [-0.2, -0.15) is 0 Å². The fraction of sp³-hybridized carbons (Fsp3) is 0.0714. The zero-order chi connectivity index (χ0) is 14.9. The number of hydrogen-bond donors (Lipinski definition) is 3. The van der Waals surface area contributed by atoms with Gasteiger partial charge in [0.2, 0.25) is 0 Å². The van der Waals surface area contributed by atoms with Crippen molar-refractivity contribution in [2.24, 2.45) is 5.73 Å². The highest BCUT2D eigenvalue weighted by atomic mass is 35.5. The lowest BCUT2D eigenvalue weighted by atomic mass is 10.1. The number of nitrogens with one attached hydrogen (secondary N) is 1. The minimum Gasteiger partial charge on any atom is -0.398 e. The molecule has 0 aliphatic heterocycles. The zero-order valence-corrected chi connectivity index (χ0v) is 11.5. The molecule has 0 radical (unpaired) electrons. The molecule has 0 aliphatic carbocycles. The fourth-order valence-electron chi connectivity index (χ4n) is 1.82. The first-order valence-electron chi connectivity index (χ1n) is 5.81. The summed E-state index contributed by atoms with van der Waals surface area (Å²) in [5.41, 5.74) is 12.3. The monoisotopic (exact) mass is 293 g/mol. The van der Waals surface area contributed by atoms with E-state index in [0.29, 0.717) is 10.7 Å². The molecule has 2 aromatic rings. The number of aryl methyl sites for hydroxylation is 1. The molecule has 0 bridgehead atoms. The Labute approximate surface area is 120 Å². The van der Waals surface area contributed by atoms with Gasteiger partial charge in [-0.05, 0) is 30.7 Å². The Morgan fingerprint density at radius 1 is 1.35 bits per heavy atom. The van der Waals surface area contributed by atoms with Crippen LogP contribution >= 0.6 is 11.6 Å². The van der Waals surface area contributed by atoms with Gasteiger partial charge in [-0.3, -0.25) is 4.79 Å². The van der Waals surface area contributed by atoms with E-state index >= 15 is 0 Å². The molecule has 0 aliphatic rings. The second kappa shape index (κ2) is 5.38. The molecule has 0 aromatic heterocycles. The smallest absolute Gasteiger partial charge is 0.250 e. The summed E-state index contributed by atoms with van der Waals surface area (Å²) in [5, 5.41) is 3.31. The van der Waals surface area contributed by atoms with Gasteiger partial charge in [0.25, 0.3) is 5.91 Å². The van der Waals surface area contributed by atoms with E-state index < -0.39 is 11.7 Å². The van der Waals surface area contributed by atoms with Gasteiger partial charge in [0.1, 0.15) is 5.82 Å². The van der Waals surface area contributed by atoms with Crippen LogP contribution in [0.25, 0.3) is 0 Å². The number of hydrogen-bond acceptors (Lipinski definition) is 3. The van der Waals surface area contributed by atoms with Gasteiger partial charge >= 0.3 is 0 Å². The normalized spacial score (nSPS) is 10.3. The molecule has 4 nitrogen and oxygen atoms in total. The lowest BCUT2D eigenvalue weighted by Crippen LogP contribution is -2.14. The highest BCUT2D eigenvalue weighted by Gasteiger charge is 2.13. The first-order chi connectivity index (χ1) is 9.40. The molecule has 5 N–H and O–H groups in total. The number of primary amides is 1. The lowest BCUT2D eigenvalue weighted by molar-refractivity contribution is 0.100. The second-order valence-corrected chi connectivity index (χ2v) is 4.75. The van der Waals surface area contributed by atoms with Gasteiger partial charge in [-0.15, -0.1) is 0 Å². The van der Waals surface area contributed by atoms with Crippen molar-refractivity contribution in [1.29, 1.82) is 0 Å². The van der Waals surface area contributed by atoms with E-state index in [-0.39, 0.29) is 16.9 Å². The van der Waals surface area contributed by atoms with E-state index in [9.17, 15) is 9.18 Å². The molecular formula is C14H13ClFN3O. The van der Waals surface area contributed by atoms with Crippen molar-refractivity contribution < 1.29 is 9.18 Å². The van der Waals surface area contributed by atoms with Crippen molar-refractivity contribution in [3.8, 4) is 0 Å². The van der Waals surface area contributed by atoms with Crippen molar-refractivity contribution in [3.05, 3.63) is 52.3 Å². The standard InChI is InChI=1S/C14H13ClFN3O/c1-7-3-2-4-9(15)13(7)19-12-5-8(14(18)20)11(17)6-10(12)16/h2-6,19H,17H2,1H3,(H2,18,20). The van der Waals surface area contributed by atoms with Crippen LogP contribution in [-0.4, -0.2) is 5.91 Å². The van der Waals surface area contributed by atoms with E-state index in [1.807, 2.05) is 13.0 Å². The second-order valence-electron chi connectivity index (χ2n) is 4.34. The Balaban J connectivity index is 2.49. The van der Waals surface area contributed by atoms with Gasteiger partial charge in [0.05, 0.1) is 22.0 Å². The molecule has 20 heavy (non-hydrogen) atoms. The summed E-state index contributed by atoms with van der Waals surface area (Å²) in [6.45, 7) is 1.83. The molecule has 2 aromatic carbocycles. The van der Waals surface area contributed by atoms with Crippen molar-refractivity contribution in [2.45, 2.75) is 6.92 Å². The largest absolute Gasteiger partial charge is 0.398 e. The van der Waals surface area contributed by atoms with Crippen LogP contribution in [0, 0.1) is 12.7 Å². The molecular weight excluding hydrogens is 281 g/mol. The summed E-state index contributed by atoms with van der Waals surface area (Å²) >= 11 is 6.06. The molecule has 0 fully saturated rings. The molecule has 0 saturated carbocycles. The number of amides is 1. The Kier molecular flexibility index (Phi) is 3.81. The van der Waals surface area contributed by atoms with Crippen LogP contribution in [0.1, 0.15) is 15.9 Å². The van der Waals surface area contributed by atoms with Gasteiger partial charge in [-0.25, -0.2) is 4.39 Å². The van der Waals surface area contributed by atoms with Crippen LogP contribution in [0.5, 0.6) is 0 Å². The van der Waals surface area contributed by atoms with Crippen LogP contribution in [-0.2, 0) is 0 Å². The van der Waals surface area contributed by atoms with Crippen LogP contribution in [0.3, 0.4) is 0 Å². The lowest BCUT2D eigenvalue weighted by Gasteiger charge is -2.13. The number of halogens is 2. The number of para-hydroxylation sites is 1. The van der Waals surface area contributed by atoms with Crippen LogP contribution < -0.4 is 16.8 Å². The molecule has 104 valence electrons. The fourth-order valence-corrected chi connectivity index (χ4v) is 2.09. The van der Waals surface area contributed by atoms with Crippen molar-refractivity contribution in [2.75, 3.05) is 11.1 Å². The number of nitrogen functional groups attached to an aromatic ring is 1. The molecule has 0 unspecified atom stereocenters. The summed E-state index contributed by atoms with van der Waals surface area (Å²) in [4.78, 5) is 11.2. The number of benzene rings is 2. The molecule has 0 spiro atoms. The predicted octanol–water partition coefficient (Wildman–Crippen LogP) is 3.21. The summed E-state index contributed by atoms with van der Waals surface area (Å²) in [5.74, 6) is -1.31. The van der Waals surface area contributed by atoms with E-state index in [4.69, 9.17) is 23.1 Å². The van der Waals surface area contributed by atoms with Crippen molar-refractivity contribution in [3.63, 3.8) is 0 Å². The average Bonchev–Trinajstić information content (AvgIpc) is 2.35. The molecule has 1 amide bonds. The SMILES string of the molecule is Cc1cccc(Cl)c1Nc1cc(C(N)=O)c(N)cc1F. The molecule has 0 atom stereocenters. The summed E-state index contributed by atoms with van der Waals surface area (Å²) < 4.78 is 13.9. The highest BCUT2D eigenvalue weighted by molar-refractivity contribution is 6.33. The van der Waals surface area contributed by atoms with Crippen molar-refractivity contribution in [1.82, 2.24) is 0 Å². The first kappa shape index (κ1) is 14.1. The maximum atomic E-state index is 13.9. The quantitative estimate of drug-likeness (QED) is 0.760. The number of carbonyl (C=O) groups is 1. The Morgan fingerprint density at radius 3 is 2.65 bits per heavy atom. The number of nitrogens with two attached hydrogens (primary N) is 2. The summed E-state index contributed by atoms with van der Waals surface area (Å²) in [6.07, 6.45) is 0. The van der Waals surface area contributed by atoms with Gasteiger partial charge in [0, 0.05) is 5.69 Å². The molecule has 2 rings (SSSR count). The van der Waals surface area contributed by atoms with Crippen LogP contribution in [0.15, 0.2) is 30.3 Å². The number of rotatable bonds is 3. The van der Waals surface area contributed by atoms with Gasteiger partial charge in [-0.1, -0.05) is 23.7 Å². The maximum Gasteiger partial charge on any atom is 0.250 e. The minimum absolute atomic E-state index is 0.00331. The van der Waals surface area contributed by atoms with E-state index in [1.165, 1.54) is 6.07 Å². The number of anilines is 3. The van der Waals surface area contributed by atoms with E-state index in [2.05, 4.69) is 5.32 Å². The Bertz CT molecular complexity index is 668. The highest BCUT2D eigenvalue weighted by Crippen LogP contribution is 2.31. The third kappa shape index (κ3) is 2.67. The van der Waals surface area contributed by atoms with E-state index in [1.54, 1.807) is 12.1 Å². The van der Waals surface area contributed by atoms with Crippen LogP contribution in [0.4, 0.5) is 21.5 Å². The van der Waals surface area contributed by atoms with Gasteiger partial charge in [0.15, 0.2) is 0 Å². The van der Waals surface area contributed by atoms with E-state index in [0.717, 1.165) is 11.6 Å². The summed E-state index contributed by atoms with van der Waals surface area (Å²) in [7, 11) is 0. The van der Waals surface area contributed by atoms with Crippen molar-refractivity contribution >= 4 is 34.6 Å². The molecule has 0 heterocycles. The zero-order valence-electron chi connectivity index (χ0n) is 10.7. The van der Waals surface area contributed by atoms with Crippen LogP contribution in [0.2, 0.25) is 5.02 Å². The Hall–Kier alpha value is -2.27. The molecule has 6 heteroatoms. The van der Waals surface area contributed by atoms with Gasteiger partial charge < -0.3 is 16.8 Å². The summed E-state index contributed by atoms with van der Waals surface area (Å²) in [6, 6.07) is 7.63. The number of carbonyl (C=O) groups excluding carboxylic acids is 1. The Morgan fingerprint density at radius 2 is 2.05 bits per heavy atom. The topological polar surface area (TPSA) is 81.1 Å². The molecule has 0 saturated heterocycles. The maximum absolute atomic E-state index is 13.9. The third-order valence-electron chi connectivity index (χ3n) is 2.89. The minimum atomic E-state index is -0.721. The first-order valence-corrected chi connectivity index (χ1v) is 6.19. The third-order valence-corrected chi connectivity index (χ3v) is 3.20. The predicted molar refractivity (Wildman–Crippen MR) is 78.8 cm³/mol. The average molecular weight is 294 g/mol.